The molecular formula is C18H16N2O4S. The van der Waals surface area contributed by atoms with Crippen LogP contribution in [0, 0.1) is 0 Å². The number of rotatable bonds is 6. The lowest BCUT2D eigenvalue weighted by Gasteiger charge is -2.06. The first kappa shape index (κ1) is 16.8. The minimum absolute atomic E-state index is 0.0614. The van der Waals surface area contributed by atoms with Gasteiger partial charge < -0.3 is 20.3 Å². The average molecular weight is 356 g/mol. The number of hydrogen-bond donors (Lipinski definition) is 3. The van der Waals surface area contributed by atoms with Crippen molar-refractivity contribution in [2.24, 2.45) is 0 Å². The molecular weight excluding hydrogens is 340 g/mol. The van der Waals surface area contributed by atoms with E-state index in [1.54, 1.807) is 18.2 Å². The van der Waals surface area contributed by atoms with Gasteiger partial charge in [0.05, 0.1) is 12.2 Å². The van der Waals surface area contributed by atoms with Gasteiger partial charge in [-0.2, -0.15) is 0 Å². The molecule has 1 amide bonds. The first-order valence-electron chi connectivity index (χ1n) is 7.53. The van der Waals surface area contributed by atoms with E-state index in [1.165, 1.54) is 23.5 Å². The number of para-hydroxylation sites is 1. The molecule has 1 aromatic heterocycles. The summed E-state index contributed by atoms with van der Waals surface area (Å²) in [6.45, 7) is 0.236. The van der Waals surface area contributed by atoms with Crippen molar-refractivity contribution in [1.82, 2.24) is 10.3 Å². The highest BCUT2D eigenvalue weighted by molar-refractivity contribution is 7.09. The molecule has 128 valence electrons. The third kappa shape index (κ3) is 4.48. The Hall–Kier alpha value is -3.06. The van der Waals surface area contributed by atoms with Crippen molar-refractivity contribution in [3.05, 3.63) is 58.9 Å². The molecule has 0 fully saturated rings. The summed E-state index contributed by atoms with van der Waals surface area (Å²) in [4.78, 5) is 16.2. The summed E-state index contributed by atoms with van der Waals surface area (Å²) in [5, 5.41) is 24.2. The maximum Gasteiger partial charge on any atom is 0.258 e. The highest BCUT2D eigenvalue weighted by Gasteiger charge is 2.09. The van der Waals surface area contributed by atoms with Gasteiger partial charge in [-0.3, -0.25) is 4.79 Å². The number of ether oxygens (including phenoxy) is 1. The molecule has 2 aromatic carbocycles. The van der Waals surface area contributed by atoms with Crippen LogP contribution in [0.4, 0.5) is 0 Å². The topological polar surface area (TPSA) is 91.7 Å². The summed E-state index contributed by atoms with van der Waals surface area (Å²) < 4.78 is 5.37. The number of carbonyl (C=O) groups excluding carboxylic acids is 1. The SMILES string of the molecule is O=C(COc1ccccc1)NCc1nc(-c2ccc(O)c(O)c2)cs1. The van der Waals surface area contributed by atoms with Gasteiger partial charge in [0.15, 0.2) is 18.1 Å². The van der Waals surface area contributed by atoms with Crippen molar-refractivity contribution >= 4 is 17.2 Å². The van der Waals surface area contributed by atoms with E-state index in [0.29, 0.717) is 23.6 Å². The van der Waals surface area contributed by atoms with Gasteiger partial charge in [-0.05, 0) is 30.3 Å². The second kappa shape index (κ2) is 7.67. The molecule has 6 nitrogen and oxygen atoms in total. The molecule has 0 radical (unpaired) electrons. The van der Waals surface area contributed by atoms with E-state index in [4.69, 9.17) is 4.74 Å². The zero-order chi connectivity index (χ0) is 17.6. The fraction of sp³-hybridized carbons (Fsp3) is 0.111. The van der Waals surface area contributed by atoms with E-state index >= 15 is 0 Å². The second-order valence-electron chi connectivity index (χ2n) is 5.21. The summed E-state index contributed by atoms with van der Waals surface area (Å²) >= 11 is 1.40. The summed E-state index contributed by atoms with van der Waals surface area (Å²) in [6.07, 6.45) is 0. The Morgan fingerprint density at radius 3 is 2.68 bits per heavy atom. The normalized spacial score (nSPS) is 10.4. The number of nitrogens with zero attached hydrogens (tertiary/aromatic N) is 1. The molecule has 3 N–H and O–H groups in total. The van der Waals surface area contributed by atoms with Crippen molar-refractivity contribution in [3.8, 4) is 28.5 Å². The van der Waals surface area contributed by atoms with Crippen molar-refractivity contribution in [2.75, 3.05) is 6.61 Å². The lowest BCUT2D eigenvalue weighted by atomic mass is 10.1. The number of aromatic nitrogens is 1. The zero-order valence-corrected chi connectivity index (χ0v) is 14.0. The fourth-order valence-corrected chi connectivity index (χ4v) is 2.84. The van der Waals surface area contributed by atoms with Crippen LogP contribution in [0.2, 0.25) is 0 Å². The molecule has 0 saturated heterocycles. The number of thiazole rings is 1. The maximum atomic E-state index is 11.8. The van der Waals surface area contributed by atoms with Gasteiger partial charge in [-0.15, -0.1) is 11.3 Å². The van der Waals surface area contributed by atoms with Gasteiger partial charge in [-0.1, -0.05) is 18.2 Å². The van der Waals surface area contributed by atoms with Crippen LogP contribution >= 0.6 is 11.3 Å². The molecule has 0 saturated carbocycles. The molecule has 0 spiro atoms. The van der Waals surface area contributed by atoms with Crippen molar-refractivity contribution in [3.63, 3.8) is 0 Å². The van der Waals surface area contributed by atoms with E-state index in [2.05, 4.69) is 10.3 Å². The lowest BCUT2D eigenvalue weighted by molar-refractivity contribution is -0.123. The monoisotopic (exact) mass is 356 g/mol. The number of nitrogens with one attached hydrogen (secondary N) is 1. The van der Waals surface area contributed by atoms with E-state index in [9.17, 15) is 15.0 Å². The Morgan fingerprint density at radius 2 is 1.92 bits per heavy atom. The molecule has 0 atom stereocenters. The summed E-state index contributed by atoms with van der Waals surface area (Å²) in [7, 11) is 0. The molecule has 0 aliphatic carbocycles. The number of carbonyl (C=O) groups is 1. The van der Waals surface area contributed by atoms with Gasteiger partial charge in [0.1, 0.15) is 10.8 Å². The van der Waals surface area contributed by atoms with Gasteiger partial charge in [0, 0.05) is 10.9 Å². The standard InChI is InChI=1S/C18H16N2O4S/c21-15-7-6-12(8-16(15)22)14-11-25-18(20-14)9-19-17(23)10-24-13-4-2-1-3-5-13/h1-8,11,21-22H,9-10H2,(H,19,23). The van der Waals surface area contributed by atoms with E-state index in [-0.39, 0.29) is 24.0 Å². The molecule has 0 bridgehead atoms. The smallest absolute Gasteiger partial charge is 0.258 e. The predicted octanol–water partition coefficient (Wildman–Crippen LogP) is 2.92. The molecule has 0 aliphatic rings. The minimum atomic E-state index is -0.233. The second-order valence-corrected chi connectivity index (χ2v) is 6.15. The van der Waals surface area contributed by atoms with Gasteiger partial charge in [0.25, 0.3) is 5.91 Å². The van der Waals surface area contributed by atoms with Crippen LogP contribution in [0.15, 0.2) is 53.9 Å². The molecule has 0 aliphatic heterocycles. The number of phenolic OH excluding ortho intramolecular Hbond substituents is 2. The van der Waals surface area contributed by atoms with E-state index in [0.717, 1.165) is 5.01 Å². The van der Waals surface area contributed by atoms with Crippen LogP contribution in [-0.4, -0.2) is 27.7 Å². The lowest BCUT2D eigenvalue weighted by Crippen LogP contribution is -2.28. The fourth-order valence-electron chi connectivity index (χ4n) is 2.10. The van der Waals surface area contributed by atoms with Crippen LogP contribution in [0.25, 0.3) is 11.3 Å². The number of aromatic hydroxyl groups is 2. The van der Waals surface area contributed by atoms with Gasteiger partial charge in [0.2, 0.25) is 0 Å². The van der Waals surface area contributed by atoms with Crippen molar-refractivity contribution < 1.29 is 19.7 Å². The zero-order valence-electron chi connectivity index (χ0n) is 13.2. The third-order valence-electron chi connectivity index (χ3n) is 3.37. The Bertz CT molecular complexity index is 865. The quantitative estimate of drug-likeness (QED) is 0.591. The van der Waals surface area contributed by atoms with E-state index in [1.807, 2.05) is 23.6 Å². The highest BCUT2D eigenvalue weighted by Crippen LogP contribution is 2.30. The van der Waals surface area contributed by atoms with E-state index < -0.39 is 0 Å². The van der Waals surface area contributed by atoms with Crippen LogP contribution in [-0.2, 0) is 11.3 Å². The highest BCUT2D eigenvalue weighted by atomic mass is 32.1. The molecule has 7 heteroatoms. The number of amides is 1. The van der Waals surface area contributed by atoms with Crippen molar-refractivity contribution in [2.45, 2.75) is 6.54 Å². The van der Waals surface area contributed by atoms with Crippen LogP contribution in [0.3, 0.4) is 0 Å². The molecule has 0 unspecified atom stereocenters. The van der Waals surface area contributed by atoms with Gasteiger partial charge in [-0.25, -0.2) is 4.98 Å². The van der Waals surface area contributed by atoms with Gasteiger partial charge >= 0.3 is 0 Å². The Morgan fingerprint density at radius 1 is 1.12 bits per heavy atom. The summed E-state index contributed by atoms with van der Waals surface area (Å²) in [5.74, 6) is 0.0347. The first-order chi connectivity index (χ1) is 12.1. The third-order valence-corrected chi connectivity index (χ3v) is 4.22. The number of hydrogen-bond acceptors (Lipinski definition) is 6. The largest absolute Gasteiger partial charge is 0.504 e. The van der Waals surface area contributed by atoms with Crippen LogP contribution in [0.5, 0.6) is 17.2 Å². The number of benzene rings is 2. The molecule has 3 rings (SSSR count). The first-order valence-corrected chi connectivity index (χ1v) is 8.41. The average Bonchev–Trinajstić information content (AvgIpc) is 3.10. The molecule has 1 heterocycles. The van der Waals surface area contributed by atoms with Crippen molar-refractivity contribution in [1.29, 1.82) is 0 Å². The predicted molar refractivity (Wildman–Crippen MR) is 94.7 cm³/mol. The molecule has 3 aromatic rings. The Balaban J connectivity index is 1.53. The molecule has 25 heavy (non-hydrogen) atoms. The minimum Gasteiger partial charge on any atom is -0.504 e. The summed E-state index contributed by atoms with van der Waals surface area (Å²) in [6, 6.07) is 13.6. The van der Waals surface area contributed by atoms with Crippen LogP contribution < -0.4 is 10.1 Å². The summed E-state index contributed by atoms with van der Waals surface area (Å²) in [5.41, 5.74) is 1.36. The Kier molecular flexibility index (Phi) is 5.15. The van der Waals surface area contributed by atoms with Crippen LogP contribution in [0.1, 0.15) is 5.01 Å². The number of phenols is 2. The maximum absolute atomic E-state index is 11.8. The Labute approximate surface area is 148 Å².